The summed E-state index contributed by atoms with van der Waals surface area (Å²) in [6, 6.07) is 3.78. The van der Waals surface area contributed by atoms with Gasteiger partial charge in [-0.15, -0.1) is 24.0 Å². The number of nitrogens with one attached hydrogen (secondary N) is 2. The van der Waals surface area contributed by atoms with Crippen LogP contribution in [0.3, 0.4) is 0 Å². The van der Waals surface area contributed by atoms with Crippen LogP contribution in [0.4, 0.5) is 0 Å². The van der Waals surface area contributed by atoms with Gasteiger partial charge in [0.2, 0.25) is 0 Å². The maximum atomic E-state index is 5.77. The first-order chi connectivity index (χ1) is 11.1. The minimum absolute atomic E-state index is 0. The summed E-state index contributed by atoms with van der Waals surface area (Å²) in [5, 5.41) is 11.0. The molecule has 8 heteroatoms. The van der Waals surface area contributed by atoms with Crippen molar-refractivity contribution in [3.8, 4) is 0 Å². The van der Waals surface area contributed by atoms with Crippen LogP contribution in [-0.2, 0) is 12.8 Å². The fourth-order valence-electron chi connectivity index (χ4n) is 2.26. The molecular formula is C16H23ClIN5O. The first-order valence-electron chi connectivity index (χ1n) is 7.57. The number of hydrogen-bond donors (Lipinski definition) is 2. The summed E-state index contributed by atoms with van der Waals surface area (Å²) in [6.45, 7) is 5.43. The van der Waals surface area contributed by atoms with Crippen molar-refractivity contribution in [1.29, 1.82) is 0 Å². The number of aryl methyl sites for hydroxylation is 2. The van der Waals surface area contributed by atoms with Gasteiger partial charge in [-0.2, -0.15) is 0 Å². The second-order valence-corrected chi connectivity index (χ2v) is 5.60. The van der Waals surface area contributed by atoms with Gasteiger partial charge in [0.05, 0.1) is 5.69 Å². The Kier molecular flexibility index (Phi) is 9.05. The lowest BCUT2D eigenvalue weighted by molar-refractivity contribution is 0.392. The molecule has 0 aromatic carbocycles. The van der Waals surface area contributed by atoms with E-state index in [1.807, 2.05) is 19.9 Å². The number of rotatable bonds is 6. The molecule has 0 unspecified atom stereocenters. The molecule has 0 fully saturated rings. The lowest BCUT2D eigenvalue weighted by Gasteiger charge is -2.11. The second-order valence-electron chi connectivity index (χ2n) is 5.22. The fourth-order valence-corrected chi connectivity index (χ4v) is 2.38. The molecular weight excluding hydrogens is 441 g/mol. The zero-order chi connectivity index (χ0) is 16.7. The number of guanidine groups is 1. The molecule has 6 nitrogen and oxygen atoms in total. The third kappa shape index (κ3) is 6.27. The van der Waals surface area contributed by atoms with Crippen molar-refractivity contribution < 1.29 is 4.52 Å². The van der Waals surface area contributed by atoms with Crippen LogP contribution in [0.5, 0.6) is 0 Å². The molecule has 2 aromatic rings. The number of pyridine rings is 1. The van der Waals surface area contributed by atoms with Crippen LogP contribution in [0.25, 0.3) is 0 Å². The number of aromatic nitrogens is 2. The van der Waals surface area contributed by atoms with Gasteiger partial charge in [-0.05, 0) is 38.3 Å². The maximum Gasteiger partial charge on any atom is 0.190 e. The minimum Gasteiger partial charge on any atom is -0.361 e. The Balaban J connectivity index is 0.00000288. The summed E-state index contributed by atoms with van der Waals surface area (Å²) >= 11 is 5.77. The smallest absolute Gasteiger partial charge is 0.190 e. The third-order valence-corrected chi connectivity index (χ3v) is 3.79. The molecule has 0 atom stereocenters. The molecule has 0 saturated heterocycles. The Morgan fingerprint density at radius 1 is 1.21 bits per heavy atom. The quantitative estimate of drug-likeness (QED) is 0.298. The van der Waals surface area contributed by atoms with Gasteiger partial charge in [0.25, 0.3) is 0 Å². The van der Waals surface area contributed by atoms with Crippen LogP contribution in [-0.4, -0.2) is 36.2 Å². The summed E-state index contributed by atoms with van der Waals surface area (Å²) in [5.74, 6) is 1.65. The molecule has 0 aliphatic rings. The Bertz CT molecular complexity index is 637. The summed E-state index contributed by atoms with van der Waals surface area (Å²) in [5.41, 5.74) is 3.23. The molecule has 0 saturated carbocycles. The number of nitrogens with zero attached hydrogens (tertiary/aromatic N) is 3. The van der Waals surface area contributed by atoms with Crippen molar-refractivity contribution in [3.63, 3.8) is 0 Å². The van der Waals surface area contributed by atoms with E-state index in [9.17, 15) is 0 Å². The van der Waals surface area contributed by atoms with Crippen molar-refractivity contribution in [2.45, 2.75) is 26.7 Å². The monoisotopic (exact) mass is 463 g/mol. The average molecular weight is 464 g/mol. The predicted octanol–water partition coefficient (Wildman–Crippen LogP) is 2.91. The standard InChI is InChI=1S/C16H22ClN5O.HI/c1-11-14(12(2)23-22-11)7-9-20-16(18-3)19-8-6-13-4-5-15(17)21-10-13;/h4-5,10H,6-9H2,1-3H3,(H2,18,19,20);1H. The summed E-state index contributed by atoms with van der Waals surface area (Å²) in [6.07, 6.45) is 3.50. The van der Waals surface area contributed by atoms with Crippen molar-refractivity contribution in [2.75, 3.05) is 20.1 Å². The van der Waals surface area contributed by atoms with E-state index in [1.54, 1.807) is 19.3 Å². The van der Waals surface area contributed by atoms with E-state index in [2.05, 4.69) is 25.8 Å². The summed E-state index contributed by atoms with van der Waals surface area (Å²) in [4.78, 5) is 8.28. The molecule has 0 aliphatic heterocycles. The van der Waals surface area contributed by atoms with E-state index in [4.69, 9.17) is 16.1 Å². The molecule has 24 heavy (non-hydrogen) atoms. The highest BCUT2D eigenvalue weighted by molar-refractivity contribution is 14.0. The van der Waals surface area contributed by atoms with Crippen molar-refractivity contribution in [3.05, 3.63) is 46.1 Å². The average Bonchev–Trinajstić information content (AvgIpc) is 2.87. The van der Waals surface area contributed by atoms with Gasteiger partial charge in [0.1, 0.15) is 10.9 Å². The van der Waals surface area contributed by atoms with Gasteiger partial charge in [0.15, 0.2) is 5.96 Å². The van der Waals surface area contributed by atoms with Crippen LogP contribution < -0.4 is 10.6 Å². The number of hydrogen-bond acceptors (Lipinski definition) is 4. The number of halogens is 2. The van der Waals surface area contributed by atoms with Gasteiger partial charge >= 0.3 is 0 Å². The molecule has 2 N–H and O–H groups in total. The van der Waals surface area contributed by atoms with Gasteiger partial charge in [-0.3, -0.25) is 4.99 Å². The third-order valence-electron chi connectivity index (χ3n) is 3.57. The molecule has 2 aromatic heterocycles. The molecule has 2 heterocycles. The first-order valence-corrected chi connectivity index (χ1v) is 7.94. The molecule has 2 rings (SSSR count). The fraction of sp³-hybridized carbons (Fsp3) is 0.438. The lowest BCUT2D eigenvalue weighted by atomic mass is 10.1. The first kappa shape index (κ1) is 20.7. The highest BCUT2D eigenvalue weighted by Crippen LogP contribution is 2.12. The van der Waals surface area contributed by atoms with Gasteiger partial charge in [-0.25, -0.2) is 4.98 Å². The molecule has 132 valence electrons. The summed E-state index contributed by atoms with van der Waals surface area (Å²) < 4.78 is 5.16. The van der Waals surface area contributed by atoms with Crippen molar-refractivity contribution >= 4 is 41.5 Å². The van der Waals surface area contributed by atoms with Crippen molar-refractivity contribution in [2.24, 2.45) is 4.99 Å². The Morgan fingerprint density at radius 3 is 2.46 bits per heavy atom. The molecule has 0 aliphatic carbocycles. The van der Waals surface area contributed by atoms with Crippen LogP contribution in [0.2, 0.25) is 5.15 Å². The Hall–Kier alpha value is -1.35. The van der Waals surface area contributed by atoms with Crippen LogP contribution >= 0.6 is 35.6 Å². The normalized spacial score (nSPS) is 11.1. The lowest BCUT2D eigenvalue weighted by Crippen LogP contribution is -2.39. The summed E-state index contributed by atoms with van der Waals surface area (Å²) in [7, 11) is 1.76. The molecule has 0 bridgehead atoms. The minimum atomic E-state index is 0. The Labute approximate surface area is 164 Å². The van der Waals surface area contributed by atoms with E-state index in [-0.39, 0.29) is 24.0 Å². The highest BCUT2D eigenvalue weighted by atomic mass is 127. The van der Waals surface area contributed by atoms with Gasteiger partial charge in [-0.1, -0.05) is 22.8 Å². The molecule has 0 amide bonds. The molecule has 0 radical (unpaired) electrons. The van der Waals surface area contributed by atoms with E-state index < -0.39 is 0 Å². The van der Waals surface area contributed by atoms with E-state index >= 15 is 0 Å². The van der Waals surface area contributed by atoms with Crippen LogP contribution in [0, 0.1) is 13.8 Å². The van der Waals surface area contributed by atoms with Crippen molar-refractivity contribution in [1.82, 2.24) is 20.8 Å². The molecule has 0 spiro atoms. The van der Waals surface area contributed by atoms with E-state index in [0.717, 1.165) is 54.5 Å². The number of aliphatic imine (C=N–C) groups is 1. The SMILES string of the molecule is CN=C(NCCc1ccc(Cl)nc1)NCCc1c(C)noc1C.I. The van der Waals surface area contributed by atoms with Crippen LogP contribution in [0.1, 0.15) is 22.6 Å². The van der Waals surface area contributed by atoms with E-state index in [0.29, 0.717) is 5.15 Å². The largest absolute Gasteiger partial charge is 0.361 e. The van der Waals surface area contributed by atoms with E-state index in [1.165, 1.54) is 0 Å². The maximum absolute atomic E-state index is 5.77. The zero-order valence-corrected chi connectivity index (χ0v) is 17.2. The van der Waals surface area contributed by atoms with Gasteiger partial charge < -0.3 is 15.2 Å². The second kappa shape index (κ2) is 10.5. The van der Waals surface area contributed by atoms with Gasteiger partial charge in [0, 0.05) is 31.9 Å². The predicted molar refractivity (Wildman–Crippen MR) is 107 cm³/mol. The highest BCUT2D eigenvalue weighted by Gasteiger charge is 2.08. The van der Waals surface area contributed by atoms with Crippen LogP contribution in [0.15, 0.2) is 27.8 Å². The zero-order valence-electron chi connectivity index (χ0n) is 14.1. The topological polar surface area (TPSA) is 75.3 Å². The Morgan fingerprint density at radius 2 is 1.92 bits per heavy atom.